The fraction of sp³-hybridized carbons (Fsp3) is 0.625. The van der Waals surface area contributed by atoms with Crippen LogP contribution in [0.15, 0.2) is 12.7 Å². The van der Waals surface area contributed by atoms with Crippen LogP contribution >= 0.6 is 12.6 Å². The molecule has 0 fully saturated rings. The van der Waals surface area contributed by atoms with Crippen molar-refractivity contribution >= 4 is 37.0 Å². The van der Waals surface area contributed by atoms with Crippen LogP contribution in [0.25, 0.3) is 0 Å². The van der Waals surface area contributed by atoms with Gasteiger partial charge in [-0.2, -0.15) is 0 Å². The van der Waals surface area contributed by atoms with Crippen molar-refractivity contribution in [2.24, 2.45) is 0 Å². The van der Waals surface area contributed by atoms with Gasteiger partial charge >= 0.3 is 83.9 Å². The molecule has 4 heteroatoms. The van der Waals surface area contributed by atoms with Gasteiger partial charge in [-0.05, 0) is 0 Å². The number of ether oxygens (including phenoxy) is 1. The molecule has 0 aromatic heterocycles. The fourth-order valence-electron chi connectivity index (χ4n) is 0.574. The standard InChI is InChI=1S/C5H7O2S.3CH3.Sn/c1-2-3-7-5(6)4-8;;;;/h2,4,8H,1,3H2;3*1H3;. The van der Waals surface area contributed by atoms with E-state index in [1.165, 1.54) is 0 Å². The van der Waals surface area contributed by atoms with Gasteiger partial charge in [0.05, 0.1) is 0 Å². The minimum atomic E-state index is -2.21. The molecule has 0 N–H and O–H groups in total. The summed E-state index contributed by atoms with van der Waals surface area (Å²) in [7, 11) is 0. The molecule has 0 aromatic carbocycles. The first-order valence-corrected chi connectivity index (χ1v) is 14.6. The molecule has 0 aromatic rings. The second-order valence-corrected chi connectivity index (χ2v) is 20.7. The molecule has 70 valence electrons. The van der Waals surface area contributed by atoms with Gasteiger partial charge in [0.25, 0.3) is 0 Å². The minimum absolute atomic E-state index is 0.167. The van der Waals surface area contributed by atoms with Crippen LogP contribution in [0.1, 0.15) is 0 Å². The third-order valence-electron chi connectivity index (χ3n) is 1.39. The number of hydrogen-bond donors (Lipinski definition) is 1. The normalized spacial score (nSPS) is 13.7. The average molecular weight is 295 g/mol. The van der Waals surface area contributed by atoms with E-state index in [2.05, 4.69) is 34.0 Å². The summed E-state index contributed by atoms with van der Waals surface area (Å²) in [5.41, 5.74) is 0. The Morgan fingerprint density at radius 2 is 2.17 bits per heavy atom. The van der Waals surface area contributed by atoms with E-state index in [1.54, 1.807) is 6.08 Å². The Kier molecular flexibility index (Phi) is 5.32. The molecule has 1 unspecified atom stereocenters. The molecule has 0 bridgehead atoms. The number of hydrogen-bond acceptors (Lipinski definition) is 3. The Hall–Kier alpha value is 0.359. The predicted molar refractivity (Wildman–Crippen MR) is 57.3 cm³/mol. The van der Waals surface area contributed by atoms with Crippen molar-refractivity contribution in [3.8, 4) is 0 Å². The number of esters is 1. The quantitative estimate of drug-likeness (QED) is 0.371. The van der Waals surface area contributed by atoms with Gasteiger partial charge in [0, 0.05) is 0 Å². The second-order valence-electron chi connectivity index (χ2n) is 3.69. The molecular weight excluding hydrogens is 279 g/mol. The van der Waals surface area contributed by atoms with Crippen LogP contribution in [0.5, 0.6) is 0 Å². The zero-order valence-corrected chi connectivity index (χ0v) is 11.6. The van der Waals surface area contributed by atoms with E-state index < -0.39 is 18.4 Å². The van der Waals surface area contributed by atoms with Gasteiger partial charge in [0.2, 0.25) is 0 Å². The van der Waals surface area contributed by atoms with E-state index in [9.17, 15) is 4.79 Å². The van der Waals surface area contributed by atoms with Gasteiger partial charge in [-0.15, -0.1) is 0 Å². The topological polar surface area (TPSA) is 26.3 Å². The summed E-state index contributed by atoms with van der Waals surface area (Å²) in [5, 5.41) is 0. The van der Waals surface area contributed by atoms with E-state index in [0.717, 1.165) is 0 Å². The van der Waals surface area contributed by atoms with Crippen LogP contribution in [-0.2, 0) is 9.53 Å². The van der Waals surface area contributed by atoms with Crippen molar-refractivity contribution in [3.63, 3.8) is 0 Å². The summed E-state index contributed by atoms with van der Waals surface area (Å²) in [6.07, 6.45) is 1.57. The Balaban J connectivity index is 4.02. The van der Waals surface area contributed by atoms with Crippen molar-refractivity contribution in [1.82, 2.24) is 0 Å². The zero-order chi connectivity index (χ0) is 9.78. The summed E-state index contributed by atoms with van der Waals surface area (Å²) in [6, 6.07) is 0. The molecule has 0 aliphatic heterocycles. The van der Waals surface area contributed by atoms with Gasteiger partial charge in [0.15, 0.2) is 0 Å². The molecule has 2 nitrogen and oxygen atoms in total. The molecule has 0 aliphatic carbocycles. The van der Waals surface area contributed by atoms with Gasteiger partial charge in [0.1, 0.15) is 0 Å². The summed E-state index contributed by atoms with van der Waals surface area (Å²) < 4.78 is 4.73. The first-order valence-electron chi connectivity index (χ1n) is 3.85. The van der Waals surface area contributed by atoms with Crippen LogP contribution in [0.4, 0.5) is 0 Å². The predicted octanol–water partition coefficient (Wildman–Crippen LogP) is 1.89. The van der Waals surface area contributed by atoms with E-state index in [0.29, 0.717) is 0 Å². The van der Waals surface area contributed by atoms with Crippen LogP contribution in [0.3, 0.4) is 0 Å². The van der Waals surface area contributed by atoms with Crippen molar-refractivity contribution in [2.75, 3.05) is 6.61 Å². The molecule has 1 atom stereocenters. The summed E-state index contributed by atoms with van der Waals surface area (Å²) in [6.45, 7) is 3.76. The number of thiol groups is 1. The maximum absolute atomic E-state index is 11.3. The van der Waals surface area contributed by atoms with E-state index in [-0.39, 0.29) is 15.8 Å². The first kappa shape index (κ1) is 12.4. The number of rotatable bonds is 4. The molecule has 0 heterocycles. The molecule has 0 saturated carbocycles. The number of carbonyl (C=O) groups excluding carboxylic acids is 1. The fourth-order valence-corrected chi connectivity index (χ4v) is 2.90. The molecule has 0 saturated heterocycles. The van der Waals surface area contributed by atoms with E-state index in [1.807, 2.05) is 0 Å². The molecule has 0 radical (unpaired) electrons. The summed E-state index contributed by atoms with van der Waals surface area (Å²) in [5.74, 6) is -0.193. The summed E-state index contributed by atoms with van der Waals surface area (Å²) in [4.78, 5) is 17.7. The molecular formula is C8H16O2SSn. The molecule has 0 amide bonds. The zero-order valence-electron chi connectivity index (χ0n) is 7.83. The molecule has 0 rings (SSSR count). The van der Waals surface area contributed by atoms with Gasteiger partial charge in [-0.1, -0.05) is 0 Å². The van der Waals surface area contributed by atoms with E-state index >= 15 is 0 Å². The number of carbonyl (C=O) groups is 1. The van der Waals surface area contributed by atoms with Crippen molar-refractivity contribution in [2.45, 2.75) is 18.1 Å². The Labute approximate surface area is 83.7 Å². The van der Waals surface area contributed by atoms with Gasteiger partial charge < -0.3 is 0 Å². The molecule has 0 spiro atoms. The monoisotopic (exact) mass is 296 g/mol. The Morgan fingerprint density at radius 3 is 2.50 bits per heavy atom. The third kappa shape index (κ3) is 4.40. The summed E-state index contributed by atoms with van der Waals surface area (Å²) >= 11 is 2.05. The average Bonchev–Trinajstić information content (AvgIpc) is 1.97. The van der Waals surface area contributed by atoms with Crippen LogP contribution in [0, 0.1) is 0 Å². The Morgan fingerprint density at radius 1 is 1.67 bits per heavy atom. The van der Waals surface area contributed by atoms with Crippen molar-refractivity contribution < 1.29 is 9.53 Å². The van der Waals surface area contributed by atoms with Crippen LogP contribution in [0.2, 0.25) is 14.8 Å². The Bertz CT molecular complexity index is 174. The van der Waals surface area contributed by atoms with Crippen LogP contribution in [-0.4, -0.2) is 34.2 Å². The molecule has 12 heavy (non-hydrogen) atoms. The van der Waals surface area contributed by atoms with Crippen LogP contribution < -0.4 is 0 Å². The third-order valence-corrected chi connectivity index (χ3v) is 12.1. The maximum atomic E-state index is 11.3. The van der Waals surface area contributed by atoms with Gasteiger partial charge in [-0.25, -0.2) is 0 Å². The molecule has 0 aliphatic rings. The van der Waals surface area contributed by atoms with Crippen molar-refractivity contribution in [3.05, 3.63) is 12.7 Å². The SMILES string of the molecule is C=CCOC(=O)[CH](S)[Sn]([CH3])([CH3])[CH3]. The van der Waals surface area contributed by atoms with Gasteiger partial charge in [-0.3, -0.25) is 0 Å². The first-order chi connectivity index (χ1) is 5.39. The van der Waals surface area contributed by atoms with Crippen molar-refractivity contribution in [1.29, 1.82) is 0 Å². The second kappa shape index (κ2) is 5.17. The van der Waals surface area contributed by atoms with E-state index in [4.69, 9.17) is 4.74 Å².